The molecule has 0 saturated carbocycles. The van der Waals surface area contributed by atoms with Crippen LogP contribution in [0.2, 0.25) is 0 Å². The number of hydrogen-bond acceptors (Lipinski definition) is 6. The Balaban J connectivity index is 2.03. The lowest BCUT2D eigenvalue weighted by Gasteiger charge is -2.13. The average Bonchev–Trinajstić information content (AvgIpc) is 3.07. The van der Waals surface area contributed by atoms with E-state index in [4.69, 9.17) is 9.15 Å². The van der Waals surface area contributed by atoms with Gasteiger partial charge in [-0.3, -0.25) is 0 Å². The van der Waals surface area contributed by atoms with E-state index in [1.54, 1.807) is 12.1 Å². The van der Waals surface area contributed by atoms with Crippen LogP contribution in [0.15, 0.2) is 40.8 Å². The second kappa shape index (κ2) is 9.38. The lowest BCUT2D eigenvalue weighted by Crippen LogP contribution is -2.10. The predicted molar refractivity (Wildman–Crippen MR) is 117 cm³/mol. The Bertz CT molecular complexity index is 1180. The molecule has 166 valence electrons. The molecule has 0 atom stereocenters. The summed E-state index contributed by atoms with van der Waals surface area (Å²) in [6, 6.07) is 8.62. The van der Waals surface area contributed by atoms with Crippen LogP contribution in [-0.4, -0.2) is 44.7 Å². The maximum atomic E-state index is 13.3. The third-order valence-electron chi connectivity index (χ3n) is 4.58. The number of rotatable bonds is 10. The molecule has 0 bridgehead atoms. The minimum Gasteiger partial charge on any atom is -0.491 e. The zero-order valence-corrected chi connectivity index (χ0v) is 18.1. The highest BCUT2D eigenvalue weighted by atomic mass is 32.2. The summed E-state index contributed by atoms with van der Waals surface area (Å²) in [7, 11) is -3.06. The second-order valence-corrected chi connectivity index (χ2v) is 9.48. The number of sulfone groups is 1. The van der Waals surface area contributed by atoms with Gasteiger partial charge in [-0.2, -0.15) is 0 Å². The van der Waals surface area contributed by atoms with E-state index in [9.17, 15) is 22.7 Å². The molecule has 0 fully saturated rings. The van der Waals surface area contributed by atoms with Crippen LogP contribution in [0.3, 0.4) is 0 Å². The summed E-state index contributed by atoms with van der Waals surface area (Å²) >= 11 is 0. The minimum absolute atomic E-state index is 0.0356. The molecule has 0 aliphatic rings. The van der Waals surface area contributed by atoms with E-state index < -0.39 is 21.6 Å². The summed E-state index contributed by atoms with van der Waals surface area (Å²) < 4.78 is 47.6. The van der Waals surface area contributed by atoms with E-state index in [0.29, 0.717) is 47.5 Å². The topological polar surface area (TPSA) is 106 Å². The fourth-order valence-corrected chi connectivity index (χ4v) is 3.84. The van der Waals surface area contributed by atoms with Gasteiger partial charge in [0.15, 0.2) is 0 Å². The Kier molecular flexibility index (Phi) is 6.84. The Labute approximate surface area is 179 Å². The highest BCUT2D eigenvalue weighted by Crippen LogP contribution is 2.39. The average molecular weight is 450 g/mol. The molecule has 0 amide bonds. The number of halogens is 1. The standard InChI is InChI=1S/C22H24FNO6S/c1-3-10-29-19-12-16-18(13-17(19)24-9-4-11-31(2,27)28)30-21(20(16)22(25)26)14-5-7-15(23)8-6-14/h5-8,12-13,24H,3-4,9-11H2,1-2H3,(H,25,26). The Morgan fingerprint density at radius 1 is 1.23 bits per heavy atom. The van der Waals surface area contributed by atoms with Crippen LogP contribution in [0.4, 0.5) is 10.1 Å². The van der Waals surface area contributed by atoms with Crippen LogP contribution < -0.4 is 10.1 Å². The summed E-state index contributed by atoms with van der Waals surface area (Å²) in [5.41, 5.74) is 1.30. The van der Waals surface area contributed by atoms with Gasteiger partial charge in [0.05, 0.1) is 18.0 Å². The molecule has 0 saturated heterocycles. The monoisotopic (exact) mass is 449 g/mol. The van der Waals surface area contributed by atoms with Gasteiger partial charge in [0.25, 0.3) is 0 Å². The van der Waals surface area contributed by atoms with Crippen molar-refractivity contribution in [2.45, 2.75) is 19.8 Å². The summed E-state index contributed by atoms with van der Waals surface area (Å²) in [4.78, 5) is 12.0. The fraction of sp³-hybridized carbons (Fsp3) is 0.318. The maximum Gasteiger partial charge on any atom is 0.340 e. The molecule has 3 aromatic rings. The smallest absolute Gasteiger partial charge is 0.340 e. The zero-order chi connectivity index (χ0) is 22.6. The number of anilines is 1. The number of carboxylic acids is 1. The molecular weight excluding hydrogens is 425 g/mol. The number of fused-ring (bicyclic) bond motifs is 1. The molecule has 0 aliphatic heterocycles. The number of aromatic carboxylic acids is 1. The number of benzene rings is 2. The van der Waals surface area contributed by atoms with Gasteiger partial charge < -0.3 is 19.6 Å². The van der Waals surface area contributed by atoms with Gasteiger partial charge >= 0.3 is 5.97 Å². The van der Waals surface area contributed by atoms with Crippen LogP contribution in [0.25, 0.3) is 22.3 Å². The van der Waals surface area contributed by atoms with Crippen molar-refractivity contribution in [3.05, 3.63) is 47.8 Å². The van der Waals surface area contributed by atoms with Gasteiger partial charge in [-0.15, -0.1) is 0 Å². The van der Waals surface area contributed by atoms with Crippen molar-refractivity contribution in [1.29, 1.82) is 0 Å². The molecule has 9 heteroatoms. The van der Waals surface area contributed by atoms with Gasteiger partial charge in [-0.25, -0.2) is 17.6 Å². The highest BCUT2D eigenvalue weighted by molar-refractivity contribution is 7.90. The highest BCUT2D eigenvalue weighted by Gasteiger charge is 2.23. The predicted octanol–water partition coefficient (Wildman–Crippen LogP) is 4.57. The Morgan fingerprint density at radius 3 is 2.55 bits per heavy atom. The number of hydrogen-bond donors (Lipinski definition) is 2. The van der Waals surface area contributed by atoms with E-state index in [2.05, 4.69) is 5.32 Å². The van der Waals surface area contributed by atoms with E-state index >= 15 is 0 Å². The summed E-state index contributed by atoms with van der Waals surface area (Å²) in [6.45, 7) is 2.76. The van der Waals surface area contributed by atoms with Gasteiger partial charge in [-0.1, -0.05) is 6.92 Å². The first kappa shape index (κ1) is 22.6. The fourth-order valence-electron chi connectivity index (χ4n) is 3.17. The van der Waals surface area contributed by atoms with Gasteiger partial charge in [0.1, 0.15) is 38.3 Å². The SMILES string of the molecule is CCCOc1cc2c(C(=O)O)c(-c3ccc(F)cc3)oc2cc1NCCCS(C)(=O)=O. The van der Waals surface area contributed by atoms with Gasteiger partial charge in [-0.05, 0) is 43.2 Å². The van der Waals surface area contributed by atoms with Crippen LogP contribution in [0, 0.1) is 5.82 Å². The Morgan fingerprint density at radius 2 is 1.94 bits per heavy atom. The number of nitrogens with one attached hydrogen (secondary N) is 1. The number of carboxylic acid groups (broad SMARTS) is 1. The first-order chi connectivity index (χ1) is 14.7. The minimum atomic E-state index is -3.06. The van der Waals surface area contributed by atoms with Crippen molar-refractivity contribution in [2.75, 3.05) is 30.5 Å². The molecule has 3 rings (SSSR count). The summed E-state index contributed by atoms with van der Waals surface area (Å²) in [5, 5.41) is 13.3. The van der Waals surface area contributed by atoms with E-state index in [1.807, 2.05) is 6.92 Å². The van der Waals surface area contributed by atoms with E-state index in [0.717, 1.165) is 6.42 Å². The van der Waals surface area contributed by atoms with Crippen LogP contribution >= 0.6 is 0 Å². The van der Waals surface area contributed by atoms with E-state index in [-0.39, 0.29) is 17.1 Å². The molecule has 0 radical (unpaired) electrons. The largest absolute Gasteiger partial charge is 0.491 e. The number of ether oxygens (including phenoxy) is 1. The number of furan rings is 1. The van der Waals surface area contributed by atoms with Crippen molar-refractivity contribution >= 4 is 32.5 Å². The summed E-state index contributed by atoms with van der Waals surface area (Å²) in [6.07, 6.45) is 2.34. The maximum absolute atomic E-state index is 13.3. The molecule has 1 heterocycles. The third kappa shape index (κ3) is 5.55. The second-order valence-electron chi connectivity index (χ2n) is 7.22. The molecule has 1 aromatic heterocycles. The first-order valence-corrected chi connectivity index (χ1v) is 11.9. The summed E-state index contributed by atoms with van der Waals surface area (Å²) in [5.74, 6) is -0.992. The van der Waals surface area contributed by atoms with Crippen molar-refractivity contribution < 1.29 is 31.9 Å². The molecule has 31 heavy (non-hydrogen) atoms. The molecule has 2 aromatic carbocycles. The van der Waals surface area contributed by atoms with Crippen molar-refractivity contribution in [1.82, 2.24) is 0 Å². The molecule has 7 nitrogen and oxygen atoms in total. The van der Waals surface area contributed by atoms with Crippen molar-refractivity contribution in [3.63, 3.8) is 0 Å². The molecule has 2 N–H and O–H groups in total. The van der Waals surface area contributed by atoms with Crippen LogP contribution in [0.1, 0.15) is 30.1 Å². The molecule has 0 spiro atoms. The lowest BCUT2D eigenvalue weighted by atomic mass is 10.0. The molecule has 0 unspecified atom stereocenters. The first-order valence-electron chi connectivity index (χ1n) is 9.83. The van der Waals surface area contributed by atoms with Crippen molar-refractivity contribution in [3.8, 4) is 17.1 Å². The zero-order valence-electron chi connectivity index (χ0n) is 17.3. The van der Waals surface area contributed by atoms with Crippen LogP contribution in [0.5, 0.6) is 5.75 Å². The normalized spacial score (nSPS) is 11.6. The van der Waals surface area contributed by atoms with Gasteiger partial charge in [0, 0.05) is 29.8 Å². The Hall–Kier alpha value is -3.07. The number of carbonyl (C=O) groups is 1. The van der Waals surface area contributed by atoms with Crippen LogP contribution in [-0.2, 0) is 9.84 Å². The quantitative estimate of drug-likeness (QED) is 0.437. The lowest BCUT2D eigenvalue weighted by molar-refractivity contribution is 0.0699. The van der Waals surface area contributed by atoms with Gasteiger partial charge in [0.2, 0.25) is 0 Å². The van der Waals surface area contributed by atoms with E-state index in [1.165, 1.54) is 30.5 Å². The van der Waals surface area contributed by atoms with Crippen molar-refractivity contribution in [2.24, 2.45) is 0 Å². The molecular formula is C22H24FNO6S. The molecule has 0 aliphatic carbocycles. The third-order valence-corrected chi connectivity index (χ3v) is 5.61.